The van der Waals surface area contributed by atoms with Gasteiger partial charge in [-0.2, -0.15) is 8.42 Å². The van der Waals surface area contributed by atoms with Crippen LogP contribution in [0.4, 0.5) is 0 Å². The van der Waals surface area contributed by atoms with E-state index >= 15 is 0 Å². The number of hydrogen-bond donors (Lipinski definition) is 1. The van der Waals surface area contributed by atoms with Crippen LogP contribution < -0.4 is 0 Å². The second-order valence-electron chi connectivity index (χ2n) is 11.5. The minimum Gasteiger partial charge on any atom is -0.472 e. The van der Waals surface area contributed by atoms with E-state index in [0.717, 1.165) is 49.2 Å². The minimum absolute atomic E-state index is 0.0666. The molecule has 5 heteroatoms. The molecule has 3 aliphatic rings. The second-order valence-corrected chi connectivity index (χ2v) is 12.7. The average Bonchev–Trinajstić information content (AvgIpc) is 3.12. The van der Waals surface area contributed by atoms with Gasteiger partial charge in [-0.25, -0.2) is 0 Å². The van der Waals surface area contributed by atoms with Crippen molar-refractivity contribution in [3.63, 3.8) is 0 Å². The van der Waals surface area contributed by atoms with E-state index in [2.05, 4.69) is 27.7 Å². The zero-order valence-corrected chi connectivity index (χ0v) is 19.8. The number of aryl methyl sites for hydroxylation is 1. The van der Waals surface area contributed by atoms with E-state index in [1.165, 1.54) is 31.1 Å². The Morgan fingerprint density at radius 2 is 1.87 bits per heavy atom. The Bertz CT molecular complexity index is 898. The number of hydrogen-bond acceptors (Lipinski definition) is 3. The van der Waals surface area contributed by atoms with Crippen LogP contribution in [0, 0.1) is 34.0 Å². The summed E-state index contributed by atoms with van der Waals surface area (Å²) >= 11 is 0. The molecule has 0 amide bonds. The van der Waals surface area contributed by atoms with E-state index in [0.29, 0.717) is 16.7 Å². The molecule has 3 saturated carbocycles. The first-order valence-corrected chi connectivity index (χ1v) is 13.2. The molecule has 0 aliphatic heterocycles. The molecule has 3 aliphatic carbocycles. The van der Waals surface area contributed by atoms with Crippen LogP contribution in [0.3, 0.4) is 0 Å². The summed E-state index contributed by atoms with van der Waals surface area (Å²) in [5.41, 5.74) is 2.84. The van der Waals surface area contributed by atoms with Crippen LogP contribution in [0.1, 0.15) is 84.6 Å². The van der Waals surface area contributed by atoms with Crippen LogP contribution >= 0.6 is 0 Å². The van der Waals surface area contributed by atoms with Gasteiger partial charge in [-0.05, 0) is 97.0 Å². The molecular weight excluding hydrogens is 396 g/mol. The van der Waals surface area contributed by atoms with E-state index in [4.69, 9.17) is 4.42 Å². The summed E-state index contributed by atoms with van der Waals surface area (Å²) in [5, 5.41) is 1.17. The maximum atomic E-state index is 11.8. The quantitative estimate of drug-likeness (QED) is 0.539. The summed E-state index contributed by atoms with van der Waals surface area (Å²) < 4.78 is 38.4. The van der Waals surface area contributed by atoms with Crippen LogP contribution in [0.15, 0.2) is 34.0 Å². The van der Waals surface area contributed by atoms with E-state index in [9.17, 15) is 13.0 Å². The number of rotatable bonds is 4. The Labute approximate surface area is 182 Å². The van der Waals surface area contributed by atoms with Crippen molar-refractivity contribution in [2.45, 2.75) is 85.5 Å². The molecule has 1 aromatic rings. The van der Waals surface area contributed by atoms with Gasteiger partial charge in [-0.15, -0.1) is 0 Å². The maximum absolute atomic E-state index is 11.8. The second kappa shape index (κ2) is 7.51. The molecule has 4 nitrogen and oxygen atoms in total. The van der Waals surface area contributed by atoms with Gasteiger partial charge in [0.2, 0.25) is 0 Å². The predicted octanol–water partition coefficient (Wildman–Crippen LogP) is 6.64. The highest BCUT2D eigenvalue weighted by Gasteiger charge is 2.61. The molecule has 1 N–H and O–H groups in total. The highest BCUT2D eigenvalue weighted by atomic mass is 32.2. The van der Waals surface area contributed by atoms with Crippen LogP contribution in [0.2, 0.25) is 0 Å². The van der Waals surface area contributed by atoms with E-state index in [1.54, 1.807) is 12.5 Å². The molecule has 0 radical (unpaired) electrons. The van der Waals surface area contributed by atoms with Gasteiger partial charge in [0, 0.05) is 0 Å². The van der Waals surface area contributed by atoms with Crippen LogP contribution in [0.25, 0.3) is 0 Å². The van der Waals surface area contributed by atoms with Gasteiger partial charge < -0.3 is 4.42 Å². The third kappa shape index (κ3) is 3.81. The van der Waals surface area contributed by atoms with Gasteiger partial charge >= 0.3 is 0 Å². The summed E-state index contributed by atoms with van der Waals surface area (Å²) in [6.07, 6.45) is 13.3. The smallest absolute Gasteiger partial charge is 0.287 e. The topological polar surface area (TPSA) is 67.5 Å². The highest BCUT2D eigenvalue weighted by molar-refractivity contribution is 7.88. The van der Waals surface area contributed by atoms with Crippen molar-refractivity contribution in [2.75, 3.05) is 0 Å². The summed E-state index contributed by atoms with van der Waals surface area (Å²) in [5.74, 6) is 1.51. The lowest BCUT2D eigenvalue weighted by Crippen LogP contribution is -2.58. The van der Waals surface area contributed by atoms with Crippen molar-refractivity contribution in [2.24, 2.45) is 34.0 Å². The molecule has 0 unspecified atom stereocenters. The summed E-state index contributed by atoms with van der Waals surface area (Å²) in [6.45, 7) is 9.87. The Hall–Kier alpha value is -1.07. The lowest BCUT2D eigenvalue weighted by Gasteiger charge is -2.66. The third-order valence-electron chi connectivity index (χ3n) is 9.41. The first-order chi connectivity index (χ1) is 14.0. The van der Waals surface area contributed by atoms with Crippen molar-refractivity contribution < 1.29 is 17.4 Å². The lowest BCUT2D eigenvalue weighted by molar-refractivity contribution is -0.153. The molecule has 0 aromatic carbocycles. The number of furan rings is 1. The normalized spacial score (nSPS) is 40.0. The average molecular weight is 435 g/mol. The van der Waals surface area contributed by atoms with Crippen molar-refractivity contribution in [3.8, 4) is 0 Å². The fourth-order valence-corrected chi connectivity index (χ4v) is 8.93. The van der Waals surface area contributed by atoms with E-state index in [-0.39, 0.29) is 11.3 Å². The molecule has 1 heterocycles. The standard InChI is InChI=1S/C25H38O4S/c1-23(2)12-5-13-25(4)21(23)10-14-24(3)20(8-6-18-11-15-29-16-18)19(7-9-22(24)25)17-30(26,27)28/h11,15-17,20-22H,5-10,12-14H2,1-4H3,(H,26,27,28)/b19-17+/t20-,21-,22-,24-,25-/m0/s1. The van der Waals surface area contributed by atoms with Gasteiger partial charge in [0.05, 0.1) is 17.9 Å². The summed E-state index contributed by atoms with van der Waals surface area (Å²) in [7, 11) is -4.13. The molecular formula is C25H38O4S. The Balaban J connectivity index is 1.71. The Morgan fingerprint density at radius 3 is 2.53 bits per heavy atom. The molecule has 168 valence electrons. The van der Waals surface area contributed by atoms with Crippen LogP contribution in [0.5, 0.6) is 0 Å². The highest BCUT2D eigenvalue weighted by Crippen LogP contribution is 2.69. The minimum atomic E-state index is -4.13. The van der Waals surface area contributed by atoms with Gasteiger partial charge in [0.1, 0.15) is 0 Å². The molecule has 3 fully saturated rings. The largest absolute Gasteiger partial charge is 0.472 e. The first kappa shape index (κ1) is 22.1. The molecule has 4 rings (SSSR count). The van der Waals surface area contributed by atoms with Crippen molar-refractivity contribution in [1.29, 1.82) is 0 Å². The Morgan fingerprint density at radius 1 is 1.10 bits per heavy atom. The van der Waals surface area contributed by atoms with Crippen LogP contribution in [-0.2, 0) is 16.5 Å². The zero-order chi connectivity index (χ0) is 21.8. The first-order valence-electron chi connectivity index (χ1n) is 11.6. The molecule has 0 saturated heterocycles. The molecule has 5 atom stereocenters. The van der Waals surface area contributed by atoms with Gasteiger partial charge in [-0.1, -0.05) is 39.7 Å². The van der Waals surface area contributed by atoms with Crippen molar-refractivity contribution in [1.82, 2.24) is 0 Å². The number of fused-ring (bicyclic) bond motifs is 3. The third-order valence-corrected chi connectivity index (χ3v) is 10.0. The van der Waals surface area contributed by atoms with E-state index in [1.807, 2.05) is 6.07 Å². The lowest BCUT2D eigenvalue weighted by atomic mass is 9.39. The molecule has 30 heavy (non-hydrogen) atoms. The van der Waals surface area contributed by atoms with Crippen molar-refractivity contribution in [3.05, 3.63) is 35.1 Å². The monoisotopic (exact) mass is 434 g/mol. The zero-order valence-electron chi connectivity index (χ0n) is 19.0. The molecule has 0 spiro atoms. The summed E-state index contributed by atoms with van der Waals surface area (Å²) in [4.78, 5) is 0. The van der Waals surface area contributed by atoms with Crippen molar-refractivity contribution >= 4 is 10.1 Å². The fraction of sp³-hybridized carbons (Fsp3) is 0.760. The SMILES string of the molecule is CC1(C)CCC[C@]2(C)[C@H]3CC/C(=C\S(=O)(=O)O)[C@H](CCc4ccoc4)[C@]3(C)CC[C@@H]12. The molecule has 1 aromatic heterocycles. The summed E-state index contributed by atoms with van der Waals surface area (Å²) in [6, 6.07) is 2.00. The van der Waals surface area contributed by atoms with Gasteiger partial charge in [0.25, 0.3) is 10.1 Å². The van der Waals surface area contributed by atoms with Gasteiger partial charge in [0.15, 0.2) is 0 Å². The number of allylic oxidation sites excluding steroid dienone is 1. The Kier molecular flexibility index (Phi) is 5.54. The maximum Gasteiger partial charge on any atom is 0.287 e. The van der Waals surface area contributed by atoms with Gasteiger partial charge in [-0.3, -0.25) is 4.55 Å². The fourth-order valence-electron chi connectivity index (χ4n) is 8.27. The predicted molar refractivity (Wildman–Crippen MR) is 119 cm³/mol. The van der Waals surface area contributed by atoms with E-state index < -0.39 is 10.1 Å². The molecule has 0 bridgehead atoms. The van der Waals surface area contributed by atoms with Crippen LogP contribution in [-0.4, -0.2) is 13.0 Å².